The Morgan fingerprint density at radius 2 is 1.88 bits per heavy atom. The number of carbonyl (C=O) groups is 1. The molecule has 0 aromatic carbocycles. The van der Waals surface area contributed by atoms with Gasteiger partial charge in [0.05, 0.1) is 0 Å². The molecule has 0 saturated heterocycles. The maximum atomic E-state index is 10.5. The summed E-state index contributed by atoms with van der Waals surface area (Å²) >= 11 is 0. The van der Waals surface area contributed by atoms with Crippen molar-refractivity contribution in [1.29, 1.82) is 0 Å². The van der Waals surface area contributed by atoms with Crippen LogP contribution in [0.3, 0.4) is 0 Å². The SMILES string of the molecule is O=C([O-])CCNc1n[c-]nc([O-])n1.[K+].[K+].[K+].[OH-]. The summed E-state index contributed by atoms with van der Waals surface area (Å²) in [7, 11) is 0. The summed E-state index contributed by atoms with van der Waals surface area (Å²) in [6, 6.07) is -0.717. The standard InChI is InChI=1S/C6H7N4O3.3K.H2O/c11-4(12)1-2-7-5-8-3-9-6(13)10-5;;;;/h1-2H2,(H,11,12)(H2,7,8,9,10,13);;;;1H2/q-1;3*+1;/p-3. The van der Waals surface area contributed by atoms with Gasteiger partial charge in [-0.2, -0.15) is 0 Å². The maximum absolute atomic E-state index is 10.5. The van der Waals surface area contributed by atoms with Crippen LogP contribution in [0.5, 0.6) is 6.01 Å². The molecule has 1 rings (SSSR count). The normalized spacial score (nSPS) is 7.29. The van der Waals surface area contributed by atoms with E-state index in [9.17, 15) is 15.0 Å². The third kappa shape index (κ3) is 15.2. The first-order valence-corrected chi connectivity index (χ1v) is 3.41. The zero-order chi connectivity index (χ0) is 9.68. The van der Waals surface area contributed by atoms with Gasteiger partial charge in [0.1, 0.15) is 5.95 Å². The number of carboxylic acids is 1. The van der Waals surface area contributed by atoms with Gasteiger partial charge in [-0.15, -0.1) is 0 Å². The summed E-state index contributed by atoms with van der Waals surface area (Å²) in [6.45, 7) is 0.0969. The number of nitrogens with one attached hydrogen (secondary N) is 1. The number of rotatable bonds is 4. The van der Waals surface area contributed by atoms with E-state index in [0.717, 1.165) is 0 Å². The Kier molecular flexibility index (Phi) is 28.2. The van der Waals surface area contributed by atoms with E-state index in [1.54, 1.807) is 0 Å². The fourth-order valence-corrected chi connectivity index (χ4v) is 0.611. The van der Waals surface area contributed by atoms with Crippen LogP contribution >= 0.6 is 0 Å². The molecule has 0 bridgehead atoms. The molecular formula is C6H6K3N4O4-. The Morgan fingerprint density at radius 1 is 1.29 bits per heavy atom. The van der Waals surface area contributed by atoms with Gasteiger partial charge in [-0.1, -0.05) is 6.01 Å². The number of hydrogen-bond acceptors (Lipinski definition) is 8. The predicted molar refractivity (Wildman–Crippen MR) is 38.2 cm³/mol. The number of carboxylic acid groups (broad SMARTS) is 1. The van der Waals surface area contributed by atoms with Gasteiger partial charge in [0.25, 0.3) is 0 Å². The number of anilines is 1. The monoisotopic (exact) mass is 315 g/mol. The van der Waals surface area contributed by atoms with Crippen molar-refractivity contribution in [3.05, 3.63) is 6.33 Å². The van der Waals surface area contributed by atoms with Crippen molar-refractivity contribution in [2.24, 2.45) is 0 Å². The van der Waals surface area contributed by atoms with E-state index in [2.05, 4.69) is 26.6 Å². The fraction of sp³-hybridized carbons (Fsp3) is 0.333. The molecule has 0 unspecified atom stereocenters. The molecule has 0 aliphatic rings. The fourth-order valence-electron chi connectivity index (χ4n) is 0.611. The minimum Gasteiger partial charge on any atom is -0.902 e. The molecule has 0 saturated carbocycles. The smallest absolute Gasteiger partial charge is 0.902 e. The summed E-state index contributed by atoms with van der Waals surface area (Å²) < 4.78 is 0. The molecule has 0 fully saturated rings. The Morgan fingerprint density at radius 3 is 2.35 bits per heavy atom. The summed E-state index contributed by atoms with van der Waals surface area (Å²) in [5.74, 6) is -1.17. The zero-order valence-electron chi connectivity index (χ0n) is 9.93. The van der Waals surface area contributed by atoms with Crippen LogP contribution in [0.15, 0.2) is 0 Å². The summed E-state index contributed by atoms with van der Waals surface area (Å²) in [4.78, 5) is 19.9. The molecule has 0 aliphatic carbocycles. The van der Waals surface area contributed by atoms with Crippen LogP contribution in [0.1, 0.15) is 6.42 Å². The summed E-state index contributed by atoms with van der Waals surface area (Å²) in [6.07, 6.45) is 1.89. The molecule has 0 amide bonds. The molecule has 0 atom stereocenters. The zero-order valence-corrected chi connectivity index (χ0v) is 19.3. The Bertz CT molecular complexity index is 317. The quantitative estimate of drug-likeness (QED) is 0.426. The third-order valence-corrected chi connectivity index (χ3v) is 1.12. The van der Waals surface area contributed by atoms with Crippen molar-refractivity contribution in [3.8, 4) is 6.01 Å². The van der Waals surface area contributed by atoms with E-state index in [1.165, 1.54) is 0 Å². The van der Waals surface area contributed by atoms with Gasteiger partial charge in [-0.25, -0.2) is 0 Å². The molecular weight excluding hydrogens is 309 g/mol. The molecule has 1 aromatic rings. The van der Waals surface area contributed by atoms with Crippen molar-refractivity contribution in [1.82, 2.24) is 15.0 Å². The Balaban J connectivity index is -0.000000211. The molecule has 2 N–H and O–H groups in total. The molecule has 8 nitrogen and oxygen atoms in total. The van der Waals surface area contributed by atoms with Crippen LogP contribution in [0.4, 0.5) is 5.95 Å². The third-order valence-electron chi connectivity index (χ3n) is 1.12. The molecule has 1 heterocycles. The predicted octanol–water partition coefficient (Wildman–Crippen LogP) is -11.9. The Labute approximate surface area is 226 Å². The molecule has 0 spiro atoms. The van der Waals surface area contributed by atoms with Crippen LogP contribution in [0, 0.1) is 6.33 Å². The topological polar surface area (TPSA) is 144 Å². The minimum absolute atomic E-state index is 0. The average Bonchev–Trinajstić information content (AvgIpc) is 2.03. The molecule has 17 heavy (non-hydrogen) atoms. The van der Waals surface area contributed by atoms with E-state index in [0.29, 0.717) is 0 Å². The number of aromatic nitrogens is 3. The van der Waals surface area contributed by atoms with Crippen LogP contribution < -0.4 is 170 Å². The van der Waals surface area contributed by atoms with Gasteiger partial charge in [-0.3, -0.25) is 0 Å². The van der Waals surface area contributed by atoms with Gasteiger partial charge in [-0.05, 0) is 0 Å². The van der Waals surface area contributed by atoms with Crippen molar-refractivity contribution >= 4 is 11.9 Å². The van der Waals surface area contributed by atoms with Gasteiger partial charge in [0, 0.05) is 25.3 Å². The van der Waals surface area contributed by atoms with Crippen molar-refractivity contribution in [2.45, 2.75) is 6.42 Å². The summed E-state index contributed by atoms with van der Waals surface area (Å²) in [5.41, 5.74) is 0. The second-order valence-corrected chi connectivity index (χ2v) is 2.09. The van der Waals surface area contributed by atoms with Gasteiger partial charge < -0.3 is 40.8 Å². The number of nitrogens with zero attached hydrogens (tertiary/aromatic N) is 3. The van der Waals surface area contributed by atoms with E-state index < -0.39 is 12.0 Å². The maximum Gasteiger partial charge on any atom is 1.00 e. The van der Waals surface area contributed by atoms with E-state index in [-0.39, 0.29) is 179 Å². The van der Waals surface area contributed by atoms with Crippen LogP contribution in [-0.2, 0) is 4.79 Å². The van der Waals surface area contributed by atoms with Crippen LogP contribution in [0.2, 0.25) is 0 Å². The Hall–Kier alpha value is 2.95. The van der Waals surface area contributed by atoms with Gasteiger partial charge >= 0.3 is 154 Å². The minimum atomic E-state index is -1.19. The molecule has 1 aromatic heterocycles. The first-order valence-electron chi connectivity index (χ1n) is 3.41. The largest absolute Gasteiger partial charge is 1.00 e. The molecule has 0 radical (unpaired) electrons. The average molecular weight is 315 g/mol. The van der Waals surface area contributed by atoms with E-state index in [4.69, 9.17) is 0 Å². The van der Waals surface area contributed by atoms with Crippen molar-refractivity contribution in [2.75, 3.05) is 11.9 Å². The van der Waals surface area contributed by atoms with E-state index in [1.807, 2.05) is 0 Å². The molecule has 78 valence electrons. The first-order chi connectivity index (χ1) is 6.18. The van der Waals surface area contributed by atoms with Crippen molar-refractivity contribution in [3.63, 3.8) is 0 Å². The summed E-state index contributed by atoms with van der Waals surface area (Å²) in [5, 5.41) is 23.0. The second-order valence-electron chi connectivity index (χ2n) is 2.09. The van der Waals surface area contributed by atoms with Crippen LogP contribution in [0.25, 0.3) is 0 Å². The number of aliphatic carboxylic acids is 1. The van der Waals surface area contributed by atoms with Crippen LogP contribution in [-0.4, -0.2) is 32.9 Å². The first kappa shape index (κ1) is 28.2. The second kappa shape index (κ2) is 17.0. The molecule has 11 heteroatoms. The van der Waals surface area contributed by atoms with Gasteiger partial charge in [0.15, 0.2) is 0 Å². The number of carbonyl (C=O) groups excluding carboxylic acids is 1. The van der Waals surface area contributed by atoms with Crippen molar-refractivity contribution < 1.29 is 175 Å². The van der Waals surface area contributed by atoms with Gasteiger partial charge in [0.2, 0.25) is 0 Å². The molecule has 0 aliphatic heterocycles. The number of hydrogen-bond donors (Lipinski definition) is 1. The van der Waals surface area contributed by atoms with E-state index >= 15 is 0 Å².